The van der Waals surface area contributed by atoms with Crippen LogP contribution in [-0.4, -0.2) is 19.1 Å². The van der Waals surface area contributed by atoms with Crippen LogP contribution in [0, 0.1) is 0 Å². The van der Waals surface area contributed by atoms with Crippen LogP contribution in [0.5, 0.6) is 0 Å². The second kappa shape index (κ2) is 5.19. The Kier molecular flexibility index (Phi) is 5.19. The average molecular weight is 242 g/mol. The lowest BCUT2D eigenvalue weighted by molar-refractivity contribution is -0.876. The van der Waals surface area contributed by atoms with Crippen LogP contribution in [0.25, 0.3) is 0 Å². The van der Waals surface area contributed by atoms with Crippen molar-refractivity contribution < 1.29 is 33.6 Å². The van der Waals surface area contributed by atoms with Crippen molar-refractivity contribution >= 4 is 15.2 Å². The van der Waals surface area contributed by atoms with Crippen molar-refractivity contribution in [2.45, 2.75) is 0 Å². The van der Waals surface area contributed by atoms with Crippen molar-refractivity contribution in [3.63, 3.8) is 0 Å². The molecular formula is C5H10NO6P2-3. The maximum atomic E-state index is 10.3. The van der Waals surface area contributed by atoms with Crippen LogP contribution in [0.15, 0.2) is 12.7 Å². The second-order valence-electron chi connectivity index (χ2n) is 2.78. The third-order valence-corrected chi connectivity index (χ3v) is 2.94. The zero-order chi connectivity index (χ0) is 11.4. The molecule has 84 valence electrons. The normalized spacial score (nSPS) is 13.2. The van der Waals surface area contributed by atoms with Crippen LogP contribution in [0.3, 0.4) is 0 Å². The van der Waals surface area contributed by atoms with Gasteiger partial charge < -0.3 is 33.6 Å². The lowest BCUT2D eigenvalue weighted by atomic mass is 10.6. The van der Waals surface area contributed by atoms with Gasteiger partial charge in [0.25, 0.3) is 0 Å². The predicted molar refractivity (Wildman–Crippen MR) is 41.0 cm³/mol. The molecular weight excluding hydrogens is 232 g/mol. The topological polar surface area (TPSA) is 131 Å². The smallest absolute Gasteiger partial charge is 0.103 e. The molecule has 0 aliphatic heterocycles. The number of hydrogen-bond donors (Lipinski definition) is 1. The van der Waals surface area contributed by atoms with E-state index >= 15 is 0 Å². The summed E-state index contributed by atoms with van der Waals surface area (Å²) >= 11 is 0. The van der Waals surface area contributed by atoms with Gasteiger partial charge in [-0.2, -0.15) is 0 Å². The quantitative estimate of drug-likeness (QED) is 0.371. The Hall–Kier alpha value is -0.0000000000000000416. The Morgan fingerprint density at radius 3 is 1.64 bits per heavy atom. The van der Waals surface area contributed by atoms with Gasteiger partial charge >= 0.3 is 0 Å². The number of nitrogens with one attached hydrogen (secondary N) is 1. The van der Waals surface area contributed by atoms with Crippen LogP contribution < -0.4 is 24.5 Å². The maximum Gasteiger partial charge on any atom is 0.103 e. The van der Waals surface area contributed by atoms with Gasteiger partial charge in [-0.3, -0.25) is 0 Å². The second-order valence-corrected chi connectivity index (χ2v) is 5.86. The zero-order valence-corrected chi connectivity index (χ0v) is 9.04. The first kappa shape index (κ1) is 14.0. The molecule has 0 bridgehead atoms. The summed E-state index contributed by atoms with van der Waals surface area (Å²) < 4.78 is 20.7. The first-order valence-electron chi connectivity index (χ1n) is 3.61. The van der Waals surface area contributed by atoms with Crippen molar-refractivity contribution in [1.82, 2.24) is 0 Å². The van der Waals surface area contributed by atoms with Crippen molar-refractivity contribution in [1.29, 1.82) is 0 Å². The molecule has 9 heteroatoms. The maximum absolute atomic E-state index is 10.3. The molecule has 0 fully saturated rings. The molecule has 0 radical (unpaired) electrons. The number of hydrogen-bond acceptors (Lipinski definition) is 6. The average Bonchev–Trinajstić information content (AvgIpc) is 1.78. The predicted octanol–water partition coefficient (Wildman–Crippen LogP) is -4.20. The lowest BCUT2D eigenvalue weighted by Crippen LogP contribution is -3.12. The summed E-state index contributed by atoms with van der Waals surface area (Å²) in [6.45, 7) is 3.19. The highest BCUT2D eigenvalue weighted by atomic mass is 31.2. The summed E-state index contributed by atoms with van der Waals surface area (Å²) in [7, 11) is -9.64. The Labute approximate surface area is 81.4 Å². The van der Waals surface area contributed by atoms with E-state index in [1.807, 2.05) is 0 Å². The fraction of sp³-hybridized carbons (Fsp3) is 0.600. The molecule has 0 spiro atoms. The molecule has 0 aliphatic rings. The lowest BCUT2D eigenvalue weighted by Gasteiger charge is -2.37. The van der Waals surface area contributed by atoms with Gasteiger partial charge in [-0.05, 0) is 21.3 Å². The van der Waals surface area contributed by atoms with Gasteiger partial charge in [0, 0.05) is 0 Å². The monoisotopic (exact) mass is 242 g/mol. The highest BCUT2D eigenvalue weighted by Gasteiger charge is 2.10. The third kappa shape index (κ3) is 8.59. The van der Waals surface area contributed by atoms with Crippen LogP contribution in [0.4, 0.5) is 0 Å². The van der Waals surface area contributed by atoms with Gasteiger partial charge in [0.05, 0.1) is 6.54 Å². The van der Waals surface area contributed by atoms with Crippen LogP contribution in [-0.2, 0) is 9.13 Å². The van der Waals surface area contributed by atoms with E-state index in [9.17, 15) is 28.7 Å². The van der Waals surface area contributed by atoms with Gasteiger partial charge in [0.2, 0.25) is 0 Å². The molecule has 7 nitrogen and oxygen atoms in total. The Morgan fingerprint density at radius 1 is 1.07 bits per heavy atom. The van der Waals surface area contributed by atoms with E-state index in [1.165, 1.54) is 6.08 Å². The highest BCUT2D eigenvalue weighted by molar-refractivity contribution is 7.49. The van der Waals surface area contributed by atoms with Crippen molar-refractivity contribution in [3.05, 3.63) is 12.7 Å². The fourth-order valence-electron chi connectivity index (χ4n) is 0.931. The van der Waals surface area contributed by atoms with E-state index in [2.05, 4.69) is 6.58 Å². The minimum absolute atomic E-state index is 0.0665. The third-order valence-electron chi connectivity index (χ3n) is 1.27. The van der Waals surface area contributed by atoms with Crippen molar-refractivity contribution in [3.8, 4) is 0 Å². The molecule has 0 aliphatic carbocycles. The van der Waals surface area contributed by atoms with Crippen molar-refractivity contribution in [2.24, 2.45) is 0 Å². The zero-order valence-electron chi connectivity index (χ0n) is 7.25. The Morgan fingerprint density at radius 2 is 1.43 bits per heavy atom. The molecule has 0 heterocycles. The molecule has 0 amide bonds. The van der Waals surface area contributed by atoms with Gasteiger partial charge in [-0.25, -0.2) is 0 Å². The summed E-state index contributed by atoms with van der Waals surface area (Å²) in [5.74, 6) is 0. The summed E-state index contributed by atoms with van der Waals surface area (Å²) in [6.07, 6.45) is -0.582. The summed E-state index contributed by atoms with van der Waals surface area (Å²) in [6, 6.07) is 0. The standard InChI is InChI=1S/C5H13NO6P2/c1-2-3-6(4-13(7,8)9)5-14(10,11)12/h2H,1,3-5H2,(H2,7,8,9)(H2,10,11,12)/p-3. The molecule has 1 N–H and O–H groups in total. The number of rotatable bonds is 6. The molecule has 0 saturated heterocycles. The van der Waals surface area contributed by atoms with E-state index in [0.717, 1.165) is 0 Å². The summed E-state index contributed by atoms with van der Waals surface area (Å²) in [5.41, 5.74) is 0. The summed E-state index contributed by atoms with van der Waals surface area (Å²) in [4.78, 5) is 41.2. The molecule has 0 rings (SSSR count). The highest BCUT2D eigenvalue weighted by Crippen LogP contribution is 2.21. The van der Waals surface area contributed by atoms with E-state index in [4.69, 9.17) is 0 Å². The molecule has 0 aromatic rings. The molecule has 0 atom stereocenters. The van der Waals surface area contributed by atoms with Gasteiger partial charge in [-0.15, -0.1) is 0 Å². The van der Waals surface area contributed by atoms with Crippen LogP contribution in [0.1, 0.15) is 0 Å². The molecule has 0 saturated carbocycles. The van der Waals surface area contributed by atoms with Crippen LogP contribution >= 0.6 is 15.2 Å². The first-order valence-corrected chi connectivity index (χ1v) is 7.06. The number of quaternary nitrogens is 1. The molecule has 0 aromatic carbocycles. The Bertz CT molecular complexity index is 256. The molecule has 0 aromatic heterocycles. The largest absolute Gasteiger partial charge is 0.807 e. The van der Waals surface area contributed by atoms with Gasteiger partial charge in [0.15, 0.2) is 0 Å². The Balaban J connectivity index is 4.38. The summed E-state index contributed by atoms with van der Waals surface area (Å²) in [5, 5.41) is 0. The first-order chi connectivity index (χ1) is 6.14. The van der Waals surface area contributed by atoms with E-state index in [1.54, 1.807) is 0 Å². The van der Waals surface area contributed by atoms with Crippen LogP contribution in [0.2, 0.25) is 0 Å². The van der Waals surface area contributed by atoms with E-state index in [0.29, 0.717) is 0 Å². The van der Waals surface area contributed by atoms with E-state index < -0.39 is 27.8 Å². The minimum atomic E-state index is -4.82. The van der Waals surface area contributed by atoms with Gasteiger partial charge in [-0.1, -0.05) is 6.58 Å². The van der Waals surface area contributed by atoms with E-state index in [-0.39, 0.29) is 11.4 Å². The SMILES string of the molecule is C=CC[NH+](CP(=O)([O-])[O-])CP(=O)([O-])[O-]. The minimum Gasteiger partial charge on any atom is -0.807 e. The fourth-order valence-corrected chi connectivity index (χ4v) is 2.68. The molecule has 14 heavy (non-hydrogen) atoms. The van der Waals surface area contributed by atoms with Gasteiger partial charge in [0.1, 0.15) is 12.6 Å². The van der Waals surface area contributed by atoms with Crippen molar-refractivity contribution in [2.75, 3.05) is 19.1 Å². The molecule has 0 unspecified atom stereocenters.